The molecule has 0 heterocycles. The number of aromatic carboxylic acids is 2. The Morgan fingerprint density at radius 1 is 0.727 bits per heavy atom. The highest BCUT2D eigenvalue weighted by Gasteiger charge is 2.13. The molecule has 0 fully saturated rings. The Hall–Kier alpha value is -3.42. The Bertz CT molecular complexity index is 688. The minimum absolute atomic E-state index is 0.180. The van der Waals surface area contributed by atoms with Crippen molar-refractivity contribution >= 4 is 11.9 Å². The Labute approximate surface area is 123 Å². The lowest BCUT2D eigenvalue weighted by Gasteiger charge is -1.99. The van der Waals surface area contributed by atoms with Crippen LogP contribution in [0.25, 0.3) is 0 Å². The van der Waals surface area contributed by atoms with Crippen molar-refractivity contribution in [2.75, 3.05) is 0 Å². The topological polar surface area (TPSA) is 156 Å². The van der Waals surface area contributed by atoms with Crippen LogP contribution in [0, 0.1) is 0 Å². The molecule has 0 saturated carbocycles. The second kappa shape index (κ2) is 6.84. The number of phenols is 4. The van der Waals surface area contributed by atoms with Gasteiger partial charge in [0.1, 0.15) is 34.1 Å². The van der Waals surface area contributed by atoms with E-state index in [1.807, 2.05) is 0 Å². The third-order valence-corrected chi connectivity index (χ3v) is 2.44. The maximum atomic E-state index is 10.3. The number of carboxylic acids is 2. The van der Waals surface area contributed by atoms with Crippen molar-refractivity contribution in [1.82, 2.24) is 0 Å². The van der Waals surface area contributed by atoms with Crippen molar-refractivity contribution in [3.8, 4) is 23.0 Å². The van der Waals surface area contributed by atoms with Crippen LogP contribution in [-0.4, -0.2) is 42.6 Å². The Balaban J connectivity index is 0.000000220. The molecule has 8 nitrogen and oxygen atoms in total. The van der Waals surface area contributed by atoms with E-state index >= 15 is 0 Å². The molecule has 0 radical (unpaired) electrons. The summed E-state index contributed by atoms with van der Waals surface area (Å²) in [5, 5.41) is 52.4. The van der Waals surface area contributed by atoms with E-state index in [0.717, 1.165) is 12.1 Å². The molecule has 0 aliphatic heterocycles. The summed E-state index contributed by atoms with van der Waals surface area (Å²) in [7, 11) is 0. The maximum Gasteiger partial charge on any atom is 0.343 e. The minimum Gasteiger partial charge on any atom is -0.508 e. The maximum absolute atomic E-state index is 10.3. The van der Waals surface area contributed by atoms with Crippen LogP contribution in [0.3, 0.4) is 0 Å². The lowest BCUT2D eigenvalue weighted by molar-refractivity contribution is 0.0680. The van der Waals surface area contributed by atoms with Gasteiger partial charge in [-0.05, 0) is 30.3 Å². The zero-order valence-corrected chi connectivity index (χ0v) is 11.0. The summed E-state index contributed by atoms with van der Waals surface area (Å²) in [6, 6.07) is 7.07. The molecular formula is C14H12O8. The smallest absolute Gasteiger partial charge is 0.343 e. The van der Waals surface area contributed by atoms with Crippen molar-refractivity contribution in [3.63, 3.8) is 0 Å². The van der Waals surface area contributed by atoms with Crippen molar-refractivity contribution in [2.45, 2.75) is 0 Å². The summed E-state index contributed by atoms with van der Waals surface area (Å²) in [4.78, 5) is 20.6. The summed E-state index contributed by atoms with van der Waals surface area (Å²) < 4.78 is 0. The molecule has 0 aliphatic carbocycles. The molecule has 0 unspecified atom stereocenters. The number of phenolic OH excluding ortho intramolecular Hbond substituents is 1. The van der Waals surface area contributed by atoms with Crippen LogP contribution in [0.4, 0.5) is 0 Å². The van der Waals surface area contributed by atoms with E-state index in [1.165, 1.54) is 24.3 Å². The standard InChI is InChI=1S/2C7H6O4/c8-4-1-2-6(9)5(3-4)7(10)11;8-4-2-1-3-5(9)6(4)7(10)11/h2*1-3,8-9H,(H,10,11). The average Bonchev–Trinajstić information content (AvgIpc) is 2.41. The van der Waals surface area contributed by atoms with E-state index in [2.05, 4.69) is 0 Å². The highest BCUT2D eigenvalue weighted by Crippen LogP contribution is 2.25. The van der Waals surface area contributed by atoms with Crippen LogP contribution in [0.1, 0.15) is 20.7 Å². The van der Waals surface area contributed by atoms with E-state index in [1.54, 1.807) is 0 Å². The zero-order chi connectivity index (χ0) is 16.9. The second-order valence-electron chi connectivity index (χ2n) is 3.98. The van der Waals surface area contributed by atoms with Crippen LogP contribution in [0.2, 0.25) is 0 Å². The molecule has 2 aromatic rings. The molecule has 2 aromatic carbocycles. The zero-order valence-electron chi connectivity index (χ0n) is 11.0. The van der Waals surface area contributed by atoms with Crippen LogP contribution < -0.4 is 0 Å². The van der Waals surface area contributed by atoms with Gasteiger partial charge in [0.05, 0.1) is 0 Å². The Morgan fingerprint density at radius 2 is 1.27 bits per heavy atom. The number of benzene rings is 2. The van der Waals surface area contributed by atoms with Crippen LogP contribution in [0.5, 0.6) is 23.0 Å². The number of hydrogen-bond acceptors (Lipinski definition) is 6. The summed E-state index contributed by atoms with van der Waals surface area (Å²) in [5.74, 6) is -4.01. The van der Waals surface area contributed by atoms with Gasteiger partial charge in [-0.1, -0.05) is 6.07 Å². The molecule has 0 saturated heterocycles. The van der Waals surface area contributed by atoms with Gasteiger partial charge in [0.15, 0.2) is 0 Å². The lowest BCUT2D eigenvalue weighted by atomic mass is 10.2. The summed E-state index contributed by atoms with van der Waals surface area (Å²) in [5.41, 5.74) is -0.766. The molecule has 0 atom stereocenters. The lowest BCUT2D eigenvalue weighted by Crippen LogP contribution is -1.96. The van der Waals surface area contributed by atoms with Gasteiger partial charge >= 0.3 is 11.9 Å². The predicted octanol–water partition coefficient (Wildman–Crippen LogP) is 1.59. The summed E-state index contributed by atoms with van der Waals surface area (Å²) in [6.45, 7) is 0. The quantitative estimate of drug-likeness (QED) is 0.457. The molecule has 0 aliphatic rings. The number of carbonyl (C=O) groups is 2. The fourth-order valence-corrected chi connectivity index (χ4v) is 1.44. The normalized spacial score (nSPS) is 9.45. The Kier molecular flexibility index (Phi) is 5.17. The first kappa shape index (κ1) is 16.6. The third-order valence-electron chi connectivity index (χ3n) is 2.44. The molecular weight excluding hydrogens is 296 g/mol. The third kappa shape index (κ3) is 4.04. The highest BCUT2D eigenvalue weighted by atomic mass is 16.4. The van der Waals surface area contributed by atoms with E-state index in [4.69, 9.17) is 30.6 Å². The molecule has 8 heteroatoms. The molecule has 22 heavy (non-hydrogen) atoms. The number of carboxylic acid groups (broad SMARTS) is 2. The molecule has 0 aromatic heterocycles. The first-order valence-corrected chi connectivity index (χ1v) is 5.73. The van der Waals surface area contributed by atoms with E-state index < -0.39 is 29.0 Å². The van der Waals surface area contributed by atoms with Gasteiger partial charge in [-0.2, -0.15) is 0 Å². The van der Waals surface area contributed by atoms with Crippen molar-refractivity contribution in [2.24, 2.45) is 0 Å². The van der Waals surface area contributed by atoms with Gasteiger partial charge < -0.3 is 30.6 Å². The molecule has 0 spiro atoms. The fraction of sp³-hybridized carbons (Fsp3) is 0. The number of aromatic hydroxyl groups is 4. The highest BCUT2D eigenvalue weighted by molar-refractivity contribution is 5.93. The van der Waals surface area contributed by atoms with E-state index in [-0.39, 0.29) is 17.1 Å². The molecule has 0 amide bonds. The fourth-order valence-electron chi connectivity index (χ4n) is 1.44. The molecule has 0 bridgehead atoms. The first-order chi connectivity index (χ1) is 10.2. The van der Waals surface area contributed by atoms with Gasteiger partial charge in [-0.3, -0.25) is 0 Å². The van der Waals surface area contributed by atoms with Crippen LogP contribution >= 0.6 is 0 Å². The number of rotatable bonds is 2. The predicted molar refractivity (Wildman–Crippen MR) is 73.5 cm³/mol. The van der Waals surface area contributed by atoms with Crippen molar-refractivity contribution in [1.29, 1.82) is 0 Å². The van der Waals surface area contributed by atoms with Crippen LogP contribution in [0.15, 0.2) is 36.4 Å². The van der Waals surface area contributed by atoms with Gasteiger partial charge in [0.25, 0.3) is 0 Å². The van der Waals surface area contributed by atoms with Gasteiger partial charge in [0, 0.05) is 0 Å². The van der Waals surface area contributed by atoms with Crippen molar-refractivity contribution in [3.05, 3.63) is 47.5 Å². The minimum atomic E-state index is -1.35. The number of hydrogen-bond donors (Lipinski definition) is 6. The molecule has 6 N–H and O–H groups in total. The monoisotopic (exact) mass is 308 g/mol. The van der Waals surface area contributed by atoms with Crippen LogP contribution in [-0.2, 0) is 0 Å². The SMILES string of the molecule is O=C(O)c1c(O)cccc1O.O=C(O)c1cc(O)ccc1O. The Morgan fingerprint density at radius 3 is 1.64 bits per heavy atom. The molecule has 116 valence electrons. The van der Waals surface area contributed by atoms with Gasteiger partial charge in [-0.25, -0.2) is 9.59 Å². The summed E-state index contributed by atoms with van der Waals surface area (Å²) in [6.07, 6.45) is 0. The summed E-state index contributed by atoms with van der Waals surface area (Å²) >= 11 is 0. The second-order valence-corrected chi connectivity index (χ2v) is 3.98. The largest absolute Gasteiger partial charge is 0.508 e. The molecule has 2 rings (SSSR count). The average molecular weight is 308 g/mol. The van der Waals surface area contributed by atoms with E-state index in [0.29, 0.717) is 0 Å². The first-order valence-electron chi connectivity index (χ1n) is 5.73. The van der Waals surface area contributed by atoms with Gasteiger partial charge in [-0.15, -0.1) is 0 Å². The van der Waals surface area contributed by atoms with E-state index in [9.17, 15) is 9.59 Å². The van der Waals surface area contributed by atoms with Gasteiger partial charge in [0.2, 0.25) is 0 Å². The van der Waals surface area contributed by atoms with Crippen molar-refractivity contribution < 1.29 is 40.2 Å².